The first-order chi connectivity index (χ1) is 8.15. The van der Waals surface area contributed by atoms with E-state index in [1.165, 1.54) is 0 Å². The summed E-state index contributed by atoms with van der Waals surface area (Å²) < 4.78 is 4.20. The third-order valence-corrected chi connectivity index (χ3v) is 1.87. The molecule has 0 bridgehead atoms. The molecule has 88 valence electrons. The number of carbonyl (C=O) groups is 3. The highest BCUT2D eigenvalue weighted by Crippen LogP contribution is 1.97. The van der Waals surface area contributed by atoms with Gasteiger partial charge in [-0.15, -0.1) is 0 Å². The Balaban J connectivity index is 2.52. The van der Waals surface area contributed by atoms with Gasteiger partial charge in [0.25, 0.3) is 11.7 Å². The van der Waals surface area contributed by atoms with Crippen molar-refractivity contribution in [1.29, 1.82) is 0 Å². The quantitative estimate of drug-likeness (QED) is 0.471. The maximum atomic E-state index is 11.5. The van der Waals surface area contributed by atoms with Gasteiger partial charge in [-0.05, 0) is 12.1 Å². The summed E-state index contributed by atoms with van der Waals surface area (Å²) in [5.74, 6) is -2.17. The second-order valence-corrected chi connectivity index (χ2v) is 3.03. The number of methoxy groups -OCH3 is 1. The Morgan fingerprint density at radius 1 is 1.18 bits per heavy atom. The van der Waals surface area contributed by atoms with Crippen LogP contribution in [0.15, 0.2) is 42.6 Å². The summed E-state index contributed by atoms with van der Waals surface area (Å²) in [6.45, 7) is 0. The van der Waals surface area contributed by atoms with Crippen LogP contribution in [0, 0.1) is 0 Å². The lowest BCUT2D eigenvalue weighted by molar-refractivity contribution is -0.149. The van der Waals surface area contributed by atoms with Gasteiger partial charge in [0.05, 0.1) is 7.11 Å². The minimum atomic E-state index is -0.977. The highest BCUT2D eigenvalue weighted by atomic mass is 16.5. The van der Waals surface area contributed by atoms with E-state index in [-0.39, 0.29) is 5.91 Å². The van der Waals surface area contributed by atoms with Crippen molar-refractivity contribution in [1.82, 2.24) is 5.32 Å². The van der Waals surface area contributed by atoms with E-state index in [1.807, 2.05) is 0 Å². The first kappa shape index (κ1) is 12.6. The van der Waals surface area contributed by atoms with Crippen molar-refractivity contribution in [2.24, 2.45) is 0 Å². The number of amides is 1. The van der Waals surface area contributed by atoms with Gasteiger partial charge in [-0.25, -0.2) is 4.79 Å². The van der Waals surface area contributed by atoms with Gasteiger partial charge in [-0.1, -0.05) is 18.2 Å². The maximum absolute atomic E-state index is 11.5. The Bertz CT molecular complexity index is 451. The van der Waals surface area contributed by atoms with Crippen LogP contribution in [0.4, 0.5) is 0 Å². The van der Waals surface area contributed by atoms with Gasteiger partial charge in [0.1, 0.15) is 0 Å². The van der Waals surface area contributed by atoms with Crippen molar-refractivity contribution in [3.63, 3.8) is 0 Å². The van der Waals surface area contributed by atoms with E-state index in [4.69, 9.17) is 0 Å². The molecule has 17 heavy (non-hydrogen) atoms. The Morgan fingerprint density at radius 2 is 1.82 bits per heavy atom. The van der Waals surface area contributed by atoms with Gasteiger partial charge < -0.3 is 10.1 Å². The summed E-state index contributed by atoms with van der Waals surface area (Å²) in [7, 11) is 1.11. The molecule has 0 heterocycles. The van der Waals surface area contributed by atoms with Crippen molar-refractivity contribution in [3.8, 4) is 0 Å². The molecule has 0 atom stereocenters. The number of rotatable bonds is 4. The standard InChI is InChI=1S/C12H11NO4/c1-17-12(16)10(14)7-8-13-11(15)9-5-3-2-4-6-9/h2-8H,1H3,(H,13,15). The number of ketones is 1. The lowest BCUT2D eigenvalue weighted by atomic mass is 10.2. The maximum Gasteiger partial charge on any atom is 0.378 e. The molecule has 1 N–H and O–H groups in total. The molecule has 0 unspecified atom stereocenters. The number of hydrogen-bond acceptors (Lipinski definition) is 4. The summed E-state index contributed by atoms with van der Waals surface area (Å²) in [5.41, 5.74) is 0.461. The largest absolute Gasteiger partial charge is 0.463 e. The molecular weight excluding hydrogens is 222 g/mol. The van der Waals surface area contributed by atoms with Crippen LogP contribution in [-0.2, 0) is 14.3 Å². The molecule has 0 saturated carbocycles. The Hall–Kier alpha value is -2.43. The minimum absolute atomic E-state index is 0.362. The summed E-state index contributed by atoms with van der Waals surface area (Å²) >= 11 is 0. The van der Waals surface area contributed by atoms with E-state index in [2.05, 4.69) is 10.1 Å². The van der Waals surface area contributed by atoms with E-state index in [0.717, 1.165) is 19.4 Å². The van der Waals surface area contributed by atoms with Gasteiger partial charge in [0.2, 0.25) is 0 Å². The average molecular weight is 233 g/mol. The van der Waals surface area contributed by atoms with E-state index < -0.39 is 11.8 Å². The van der Waals surface area contributed by atoms with E-state index >= 15 is 0 Å². The molecule has 0 saturated heterocycles. The van der Waals surface area contributed by atoms with Crippen LogP contribution in [-0.4, -0.2) is 24.8 Å². The van der Waals surface area contributed by atoms with Crippen LogP contribution in [0.2, 0.25) is 0 Å². The molecule has 1 amide bonds. The van der Waals surface area contributed by atoms with Gasteiger partial charge in [0, 0.05) is 17.8 Å². The number of nitrogens with one attached hydrogen (secondary N) is 1. The normalized spacial score (nSPS) is 9.94. The summed E-state index contributed by atoms with van der Waals surface area (Å²) in [5, 5.41) is 2.36. The smallest absolute Gasteiger partial charge is 0.378 e. The van der Waals surface area contributed by atoms with Crippen LogP contribution < -0.4 is 5.32 Å². The van der Waals surface area contributed by atoms with Gasteiger partial charge in [0.15, 0.2) is 0 Å². The van der Waals surface area contributed by atoms with Crippen LogP contribution >= 0.6 is 0 Å². The zero-order valence-electron chi connectivity index (χ0n) is 9.17. The average Bonchev–Trinajstić information content (AvgIpc) is 2.38. The van der Waals surface area contributed by atoms with Crippen LogP contribution in [0.5, 0.6) is 0 Å². The molecule has 1 aromatic rings. The summed E-state index contributed by atoms with van der Waals surface area (Å²) in [6, 6.07) is 8.49. The molecule has 1 aromatic carbocycles. The summed E-state index contributed by atoms with van der Waals surface area (Å²) in [4.78, 5) is 33.2. The highest BCUT2D eigenvalue weighted by molar-refractivity contribution is 6.38. The van der Waals surface area contributed by atoms with E-state index in [0.29, 0.717) is 5.56 Å². The molecule has 5 heteroatoms. The van der Waals surface area contributed by atoms with Crippen molar-refractivity contribution in [2.75, 3.05) is 7.11 Å². The third kappa shape index (κ3) is 3.90. The minimum Gasteiger partial charge on any atom is -0.463 e. The molecule has 0 fully saturated rings. The molecule has 0 aliphatic carbocycles. The van der Waals surface area contributed by atoms with E-state index in [1.54, 1.807) is 30.3 Å². The fraction of sp³-hybridized carbons (Fsp3) is 0.0833. The Morgan fingerprint density at radius 3 is 2.41 bits per heavy atom. The molecule has 0 radical (unpaired) electrons. The van der Waals surface area contributed by atoms with Crippen molar-refractivity contribution in [2.45, 2.75) is 0 Å². The molecule has 0 aliphatic heterocycles. The molecule has 5 nitrogen and oxygen atoms in total. The topological polar surface area (TPSA) is 72.5 Å². The SMILES string of the molecule is COC(=O)C(=O)C=CNC(=O)c1ccccc1. The lowest BCUT2D eigenvalue weighted by Crippen LogP contribution is -2.19. The van der Waals surface area contributed by atoms with Gasteiger partial charge in [-0.2, -0.15) is 0 Å². The van der Waals surface area contributed by atoms with Crippen molar-refractivity contribution in [3.05, 3.63) is 48.2 Å². The van der Waals surface area contributed by atoms with Crippen LogP contribution in [0.3, 0.4) is 0 Å². The number of ether oxygens (including phenoxy) is 1. The second kappa shape index (κ2) is 6.22. The molecule has 0 aromatic heterocycles. The fourth-order valence-electron chi connectivity index (χ4n) is 1.03. The molecule has 0 aliphatic rings. The first-order valence-corrected chi connectivity index (χ1v) is 4.80. The second-order valence-electron chi connectivity index (χ2n) is 3.03. The number of hydrogen-bond donors (Lipinski definition) is 1. The predicted octanol–water partition coefficient (Wildman–Crippen LogP) is 0.672. The number of esters is 1. The Labute approximate surface area is 98.1 Å². The zero-order valence-corrected chi connectivity index (χ0v) is 9.17. The lowest BCUT2D eigenvalue weighted by Gasteiger charge is -1.98. The summed E-state index contributed by atoms with van der Waals surface area (Å²) in [6.07, 6.45) is 2.04. The molecule has 0 spiro atoms. The highest BCUT2D eigenvalue weighted by Gasteiger charge is 2.09. The monoisotopic (exact) mass is 233 g/mol. The van der Waals surface area contributed by atoms with Crippen LogP contribution in [0.1, 0.15) is 10.4 Å². The van der Waals surface area contributed by atoms with E-state index in [9.17, 15) is 14.4 Å². The number of carbonyl (C=O) groups excluding carboxylic acids is 3. The fourth-order valence-corrected chi connectivity index (χ4v) is 1.03. The van der Waals surface area contributed by atoms with Crippen molar-refractivity contribution >= 4 is 17.7 Å². The Kier molecular flexibility index (Phi) is 4.62. The third-order valence-electron chi connectivity index (χ3n) is 1.87. The first-order valence-electron chi connectivity index (χ1n) is 4.80. The number of benzene rings is 1. The van der Waals surface area contributed by atoms with Gasteiger partial charge in [-0.3, -0.25) is 9.59 Å². The zero-order chi connectivity index (χ0) is 12.7. The molecule has 1 rings (SSSR count). The molecular formula is C12H11NO4. The van der Waals surface area contributed by atoms with Crippen molar-refractivity contribution < 1.29 is 19.1 Å². The van der Waals surface area contributed by atoms with Crippen LogP contribution in [0.25, 0.3) is 0 Å². The predicted molar refractivity (Wildman–Crippen MR) is 60.1 cm³/mol. The van der Waals surface area contributed by atoms with Gasteiger partial charge >= 0.3 is 5.97 Å².